The third-order valence-electron chi connectivity index (χ3n) is 3.22. The normalized spacial score (nSPS) is 11.0. The Morgan fingerprint density at radius 2 is 1.72 bits per heavy atom. The molecule has 1 aromatic heterocycles. The zero-order valence-corrected chi connectivity index (χ0v) is 12.5. The van der Waals surface area contributed by atoms with E-state index in [1.54, 1.807) is 11.3 Å². The monoisotopic (exact) mass is 316 g/mol. The van der Waals surface area contributed by atoms with E-state index in [2.05, 4.69) is 70.7 Å². The molecule has 0 atom stereocenters. The summed E-state index contributed by atoms with van der Waals surface area (Å²) in [5.74, 6) is 0. The zero-order valence-electron chi connectivity index (χ0n) is 10.1. The van der Waals surface area contributed by atoms with Gasteiger partial charge in [0.15, 0.2) is 0 Å². The molecule has 18 heavy (non-hydrogen) atoms. The predicted octanol–water partition coefficient (Wildman–Crippen LogP) is 5.89. The van der Waals surface area contributed by atoms with Crippen molar-refractivity contribution in [2.75, 3.05) is 0 Å². The van der Waals surface area contributed by atoms with Crippen LogP contribution in [0.2, 0.25) is 0 Å². The minimum Gasteiger partial charge on any atom is -0.143 e. The second-order valence-corrected chi connectivity index (χ2v) is 6.11. The molecule has 0 aliphatic heterocycles. The van der Waals surface area contributed by atoms with Gasteiger partial charge in [-0.15, -0.1) is 11.3 Å². The van der Waals surface area contributed by atoms with Gasteiger partial charge in [0.1, 0.15) is 0 Å². The van der Waals surface area contributed by atoms with Gasteiger partial charge >= 0.3 is 0 Å². The van der Waals surface area contributed by atoms with Crippen LogP contribution in [0.25, 0.3) is 21.2 Å². The number of hydrogen-bond acceptors (Lipinski definition) is 1. The van der Waals surface area contributed by atoms with Crippen molar-refractivity contribution < 1.29 is 0 Å². The van der Waals surface area contributed by atoms with Crippen LogP contribution in [-0.4, -0.2) is 0 Å². The fourth-order valence-corrected chi connectivity index (χ4v) is 3.72. The molecule has 0 N–H and O–H groups in total. The van der Waals surface area contributed by atoms with Crippen LogP contribution in [0.1, 0.15) is 12.5 Å². The molecule has 0 aliphatic rings. The second-order valence-electron chi connectivity index (χ2n) is 4.35. The van der Waals surface area contributed by atoms with Crippen molar-refractivity contribution in [2.24, 2.45) is 0 Å². The average Bonchev–Trinajstić information content (AvgIpc) is 2.80. The van der Waals surface area contributed by atoms with Gasteiger partial charge in [0.25, 0.3) is 0 Å². The average molecular weight is 317 g/mol. The van der Waals surface area contributed by atoms with Crippen molar-refractivity contribution in [3.63, 3.8) is 0 Å². The fourth-order valence-electron chi connectivity index (χ4n) is 2.11. The van der Waals surface area contributed by atoms with E-state index in [1.807, 2.05) is 0 Å². The van der Waals surface area contributed by atoms with E-state index in [4.69, 9.17) is 0 Å². The SMILES string of the molecule is CCc1ccc(-c2ccc3c(Br)csc3c2)cc1. The Morgan fingerprint density at radius 1 is 1.00 bits per heavy atom. The summed E-state index contributed by atoms with van der Waals surface area (Å²) in [5.41, 5.74) is 3.97. The smallest absolute Gasteiger partial charge is 0.0361 e. The van der Waals surface area contributed by atoms with E-state index in [-0.39, 0.29) is 0 Å². The Balaban J connectivity index is 2.07. The van der Waals surface area contributed by atoms with Gasteiger partial charge < -0.3 is 0 Å². The molecular weight excluding hydrogens is 304 g/mol. The molecule has 0 saturated heterocycles. The molecule has 90 valence electrons. The molecule has 3 aromatic rings. The second kappa shape index (κ2) is 4.87. The van der Waals surface area contributed by atoms with E-state index in [9.17, 15) is 0 Å². The number of benzene rings is 2. The first kappa shape index (κ1) is 11.9. The molecule has 0 bridgehead atoms. The molecule has 1 heterocycles. The molecule has 0 amide bonds. The van der Waals surface area contributed by atoms with Gasteiger partial charge in [0, 0.05) is 19.9 Å². The van der Waals surface area contributed by atoms with Gasteiger partial charge in [0.2, 0.25) is 0 Å². The van der Waals surface area contributed by atoms with Crippen LogP contribution in [0.15, 0.2) is 52.3 Å². The molecule has 0 aliphatic carbocycles. The van der Waals surface area contributed by atoms with Crippen molar-refractivity contribution in [3.05, 3.63) is 57.9 Å². The van der Waals surface area contributed by atoms with Crippen molar-refractivity contribution in [3.8, 4) is 11.1 Å². The molecule has 3 rings (SSSR count). The van der Waals surface area contributed by atoms with Crippen molar-refractivity contribution >= 4 is 37.4 Å². The van der Waals surface area contributed by atoms with Crippen LogP contribution in [0.5, 0.6) is 0 Å². The van der Waals surface area contributed by atoms with E-state index < -0.39 is 0 Å². The summed E-state index contributed by atoms with van der Waals surface area (Å²) in [6, 6.07) is 15.5. The van der Waals surface area contributed by atoms with Gasteiger partial charge in [-0.2, -0.15) is 0 Å². The molecule has 0 spiro atoms. The number of thiophene rings is 1. The lowest BCUT2D eigenvalue weighted by Crippen LogP contribution is -1.81. The van der Waals surface area contributed by atoms with Gasteiger partial charge in [0.05, 0.1) is 0 Å². The number of fused-ring (bicyclic) bond motifs is 1. The van der Waals surface area contributed by atoms with Crippen LogP contribution < -0.4 is 0 Å². The lowest BCUT2D eigenvalue weighted by Gasteiger charge is -2.03. The van der Waals surface area contributed by atoms with Crippen LogP contribution in [0.4, 0.5) is 0 Å². The molecule has 2 heteroatoms. The highest BCUT2D eigenvalue weighted by Crippen LogP contribution is 2.33. The molecule has 0 fully saturated rings. The fraction of sp³-hybridized carbons (Fsp3) is 0.125. The predicted molar refractivity (Wildman–Crippen MR) is 84.3 cm³/mol. The largest absolute Gasteiger partial charge is 0.143 e. The number of hydrogen-bond donors (Lipinski definition) is 0. The van der Waals surface area contributed by atoms with Crippen molar-refractivity contribution in [1.29, 1.82) is 0 Å². The summed E-state index contributed by atoms with van der Waals surface area (Å²) in [6.07, 6.45) is 1.09. The molecule has 0 radical (unpaired) electrons. The van der Waals surface area contributed by atoms with Gasteiger partial charge in [-0.05, 0) is 45.1 Å². The number of halogens is 1. The van der Waals surface area contributed by atoms with Crippen LogP contribution in [0.3, 0.4) is 0 Å². The maximum atomic E-state index is 3.58. The highest BCUT2D eigenvalue weighted by molar-refractivity contribution is 9.10. The lowest BCUT2D eigenvalue weighted by atomic mass is 10.0. The van der Waals surface area contributed by atoms with Crippen molar-refractivity contribution in [2.45, 2.75) is 13.3 Å². The summed E-state index contributed by atoms with van der Waals surface area (Å²) < 4.78 is 2.52. The van der Waals surface area contributed by atoms with Gasteiger partial charge in [-0.1, -0.05) is 43.3 Å². The lowest BCUT2D eigenvalue weighted by molar-refractivity contribution is 1.14. The van der Waals surface area contributed by atoms with Crippen molar-refractivity contribution in [1.82, 2.24) is 0 Å². The number of rotatable bonds is 2. The first-order valence-corrected chi connectivity index (χ1v) is 7.71. The first-order valence-electron chi connectivity index (χ1n) is 6.04. The summed E-state index contributed by atoms with van der Waals surface area (Å²) in [7, 11) is 0. The van der Waals surface area contributed by atoms with Gasteiger partial charge in [-0.25, -0.2) is 0 Å². The quantitative estimate of drug-likeness (QED) is 0.552. The number of aryl methyl sites for hydroxylation is 1. The van der Waals surface area contributed by atoms with E-state index in [0.29, 0.717) is 0 Å². The zero-order chi connectivity index (χ0) is 12.5. The third-order valence-corrected chi connectivity index (χ3v) is 5.13. The Hall–Kier alpha value is -1.12. The minimum absolute atomic E-state index is 1.09. The van der Waals surface area contributed by atoms with E-state index in [1.165, 1.54) is 31.2 Å². The van der Waals surface area contributed by atoms with Crippen LogP contribution in [-0.2, 0) is 6.42 Å². The van der Waals surface area contributed by atoms with Crippen LogP contribution >= 0.6 is 27.3 Å². The maximum Gasteiger partial charge on any atom is 0.0361 e. The summed E-state index contributed by atoms with van der Waals surface area (Å²) in [6.45, 7) is 2.18. The summed E-state index contributed by atoms with van der Waals surface area (Å²) >= 11 is 5.36. The molecule has 2 aromatic carbocycles. The summed E-state index contributed by atoms with van der Waals surface area (Å²) in [5, 5.41) is 3.45. The van der Waals surface area contributed by atoms with E-state index >= 15 is 0 Å². The molecule has 0 nitrogen and oxygen atoms in total. The first-order chi connectivity index (χ1) is 8.78. The molecule has 0 saturated carbocycles. The standard InChI is InChI=1S/C16H13BrS/c1-2-11-3-5-12(6-4-11)13-7-8-14-15(17)10-18-16(14)9-13/h3-10H,2H2,1H3. The van der Waals surface area contributed by atoms with Gasteiger partial charge in [-0.3, -0.25) is 0 Å². The maximum absolute atomic E-state index is 3.58. The van der Waals surface area contributed by atoms with E-state index in [0.717, 1.165) is 6.42 Å². The summed E-state index contributed by atoms with van der Waals surface area (Å²) in [4.78, 5) is 0. The highest BCUT2D eigenvalue weighted by Gasteiger charge is 2.04. The highest BCUT2D eigenvalue weighted by atomic mass is 79.9. The van der Waals surface area contributed by atoms with Crippen LogP contribution in [0, 0.1) is 0 Å². The topological polar surface area (TPSA) is 0 Å². The Bertz CT molecular complexity index is 680. The Kier molecular flexibility index (Phi) is 3.23. The molecule has 0 unspecified atom stereocenters. The third kappa shape index (κ3) is 2.11. The Morgan fingerprint density at radius 3 is 2.44 bits per heavy atom. The minimum atomic E-state index is 1.09. The molecular formula is C16H13BrS. The Labute approximate surface area is 119 Å².